The highest BCUT2D eigenvalue weighted by Gasteiger charge is 2.02. The van der Waals surface area contributed by atoms with Gasteiger partial charge in [0.1, 0.15) is 11.6 Å². The van der Waals surface area contributed by atoms with E-state index in [0.717, 1.165) is 16.8 Å². The molecule has 2 rings (SSSR count). The molecular weight excluding hydrogens is 217 g/mol. The lowest BCUT2D eigenvalue weighted by Gasteiger charge is -2.10. The minimum Gasteiger partial charge on any atom is -0.508 e. The molecule has 2 aromatic carbocycles. The smallest absolute Gasteiger partial charge is 0.125 e. The number of para-hydroxylation sites is 1. The zero-order chi connectivity index (χ0) is 12.3. The van der Waals surface area contributed by atoms with Gasteiger partial charge in [0.25, 0.3) is 0 Å². The molecule has 0 amide bonds. The maximum atomic E-state index is 13.1. The maximum absolute atomic E-state index is 13.1. The molecule has 0 aliphatic carbocycles. The Labute approximate surface area is 99.7 Å². The highest BCUT2D eigenvalue weighted by molar-refractivity contribution is 5.51. The summed E-state index contributed by atoms with van der Waals surface area (Å²) in [4.78, 5) is 0. The first kappa shape index (κ1) is 11.5. The van der Waals surface area contributed by atoms with Gasteiger partial charge in [-0.2, -0.15) is 0 Å². The second-order valence-electron chi connectivity index (χ2n) is 3.94. The number of phenolic OH excluding ortho intramolecular Hbond substituents is 1. The van der Waals surface area contributed by atoms with Gasteiger partial charge in [-0.1, -0.05) is 24.3 Å². The Hall–Kier alpha value is -2.03. The lowest BCUT2D eigenvalue weighted by Crippen LogP contribution is -2.01. The van der Waals surface area contributed by atoms with Gasteiger partial charge < -0.3 is 10.4 Å². The van der Waals surface area contributed by atoms with Crippen LogP contribution in [0.25, 0.3) is 0 Å². The van der Waals surface area contributed by atoms with Gasteiger partial charge in [-0.3, -0.25) is 0 Å². The molecule has 3 heteroatoms. The number of nitrogens with one attached hydrogen (secondary N) is 1. The van der Waals surface area contributed by atoms with Crippen LogP contribution in [0.2, 0.25) is 0 Å². The monoisotopic (exact) mass is 231 g/mol. The van der Waals surface area contributed by atoms with E-state index >= 15 is 0 Å². The molecule has 0 aliphatic heterocycles. The van der Waals surface area contributed by atoms with Crippen LogP contribution in [-0.2, 0) is 6.54 Å². The highest BCUT2D eigenvalue weighted by atomic mass is 19.1. The average Bonchev–Trinajstić information content (AvgIpc) is 2.32. The molecule has 0 saturated carbocycles. The predicted octanol–water partition coefficient (Wildman–Crippen LogP) is 3.45. The van der Waals surface area contributed by atoms with E-state index in [-0.39, 0.29) is 11.6 Å². The third-order valence-electron chi connectivity index (χ3n) is 2.66. The first-order chi connectivity index (χ1) is 8.16. The SMILES string of the molecule is Cc1ccc(F)cc1NCc1ccccc1O. The lowest BCUT2D eigenvalue weighted by molar-refractivity contribution is 0.469. The van der Waals surface area contributed by atoms with Crippen LogP contribution in [-0.4, -0.2) is 5.11 Å². The van der Waals surface area contributed by atoms with Crippen molar-refractivity contribution in [3.05, 3.63) is 59.4 Å². The van der Waals surface area contributed by atoms with E-state index in [9.17, 15) is 9.50 Å². The van der Waals surface area contributed by atoms with Gasteiger partial charge in [-0.25, -0.2) is 4.39 Å². The molecule has 88 valence electrons. The molecule has 0 unspecified atom stereocenters. The molecule has 0 aromatic heterocycles. The zero-order valence-corrected chi connectivity index (χ0v) is 9.57. The number of hydrogen-bond donors (Lipinski definition) is 2. The summed E-state index contributed by atoms with van der Waals surface area (Å²) < 4.78 is 13.1. The minimum absolute atomic E-state index is 0.244. The van der Waals surface area contributed by atoms with Gasteiger partial charge in [0.2, 0.25) is 0 Å². The van der Waals surface area contributed by atoms with Gasteiger partial charge in [-0.05, 0) is 30.7 Å². The van der Waals surface area contributed by atoms with Gasteiger partial charge in [0, 0.05) is 17.8 Å². The van der Waals surface area contributed by atoms with E-state index in [1.807, 2.05) is 19.1 Å². The quantitative estimate of drug-likeness (QED) is 0.848. The van der Waals surface area contributed by atoms with Crippen molar-refractivity contribution in [3.63, 3.8) is 0 Å². The van der Waals surface area contributed by atoms with E-state index in [1.54, 1.807) is 18.2 Å². The summed E-state index contributed by atoms with van der Waals surface area (Å²) in [6, 6.07) is 11.7. The molecule has 0 radical (unpaired) electrons. The summed E-state index contributed by atoms with van der Waals surface area (Å²) in [5.74, 6) is -0.0237. The van der Waals surface area contributed by atoms with Crippen molar-refractivity contribution in [2.24, 2.45) is 0 Å². The van der Waals surface area contributed by atoms with Crippen LogP contribution >= 0.6 is 0 Å². The van der Waals surface area contributed by atoms with Crippen molar-refractivity contribution in [1.82, 2.24) is 0 Å². The molecule has 2 aromatic rings. The fourth-order valence-corrected chi connectivity index (χ4v) is 1.64. The van der Waals surface area contributed by atoms with E-state index in [1.165, 1.54) is 12.1 Å². The van der Waals surface area contributed by atoms with Crippen molar-refractivity contribution in [2.75, 3.05) is 5.32 Å². The predicted molar refractivity (Wildman–Crippen MR) is 66.6 cm³/mol. The molecular formula is C14H14FNO. The Morgan fingerprint density at radius 1 is 1.18 bits per heavy atom. The molecule has 2 nitrogen and oxygen atoms in total. The van der Waals surface area contributed by atoms with Crippen LogP contribution in [0.4, 0.5) is 10.1 Å². The summed E-state index contributed by atoms with van der Waals surface area (Å²) in [5, 5.41) is 12.7. The van der Waals surface area contributed by atoms with Gasteiger partial charge in [0.15, 0.2) is 0 Å². The molecule has 0 heterocycles. The van der Waals surface area contributed by atoms with E-state index < -0.39 is 0 Å². The average molecular weight is 231 g/mol. The zero-order valence-electron chi connectivity index (χ0n) is 9.57. The first-order valence-corrected chi connectivity index (χ1v) is 5.44. The molecule has 0 spiro atoms. The standard InChI is InChI=1S/C14H14FNO/c1-10-6-7-12(15)8-13(10)16-9-11-4-2-3-5-14(11)17/h2-8,16-17H,9H2,1H3. The molecule has 0 aliphatic rings. The Morgan fingerprint density at radius 3 is 2.71 bits per heavy atom. The third-order valence-corrected chi connectivity index (χ3v) is 2.66. The molecule has 0 bridgehead atoms. The maximum Gasteiger partial charge on any atom is 0.125 e. The Bertz CT molecular complexity index is 525. The van der Waals surface area contributed by atoms with Crippen LogP contribution in [0.1, 0.15) is 11.1 Å². The van der Waals surface area contributed by atoms with E-state index in [0.29, 0.717) is 6.54 Å². The molecule has 0 saturated heterocycles. The number of aromatic hydroxyl groups is 1. The topological polar surface area (TPSA) is 32.3 Å². The molecule has 0 atom stereocenters. The summed E-state index contributed by atoms with van der Waals surface area (Å²) >= 11 is 0. The van der Waals surface area contributed by atoms with Crippen LogP contribution in [0, 0.1) is 12.7 Å². The Kier molecular flexibility index (Phi) is 3.28. The molecule has 17 heavy (non-hydrogen) atoms. The lowest BCUT2D eigenvalue weighted by atomic mass is 10.1. The highest BCUT2D eigenvalue weighted by Crippen LogP contribution is 2.20. The fraction of sp³-hybridized carbons (Fsp3) is 0.143. The van der Waals surface area contributed by atoms with Crippen LogP contribution in [0.5, 0.6) is 5.75 Å². The van der Waals surface area contributed by atoms with Crippen molar-refractivity contribution < 1.29 is 9.50 Å². The molecule has 2 N–H and O–H groups in total. The minimum atomic E-state index is -0.268. The second kappa shape index (κ2) is 4.87. The number of aryl methyl sites for hydroxylation is 1. The van der Waals surface area contributed by atoms with Gasteiger partial charge in [-0.15, -0.1) is 0 Å². The molecule has 0 fully saturated rings. The second-order valence-corrected chi connectivity index (χ2v) is 3.94. The summed E-state index contributed by atoms with van der Waals surface area (Å²) in [5.41, 5.74) is 2.51. The van der Waals surface area contributed by atoms with Crippen molar-refractivity contribution >= 4 is 5.69 Å². The van der Waals surface area contributed by atoms with Crippen molar-refractivity contribution in [3.8, 4) is 5.75 Å². The first-order valence-electron chi connectivity index (χ1n) is 5.44. The van der Waals surface area contributed by atoms with E-state index in [2.05, 4.69) is 5.32 Å². The summed E-state index contributed by atoms with van der Waals surface area (Å²) in [7, 11) is 0. The number of benzene rings is 2. The summed E-state index contributed by atoms with van der Waals surface area (Å²) in [6.45, 7) is 2.38. The van der Waals surface area contributed by atoms with Gasteiger partial charge in [0.05, 0.1) is 0 Å². The number of phenols is 1. The van der Waals surface area contributed by atoms with E-state index in [4.69, 9.17) is 0 Å². The van der Waals surface area contributed by atoms with Gasteiger partial charge >= 0.3 is 0 Å². The normalized spacial score (nSPS) is 10.2. The van der Waals surface area contributed by atoms with Crippen LogP contribution < -0.4 is 5.32 Å². The summed E-state index contributed by atoms with van der Waals surface area (Å²) in [6.07, 6.45) is 0. The van der Waals surface area contributed by atoms with Crippen LogP contribution in [0.15, 0.2) is 42.5 Å². The third kappa shape index (κ3) is 2.75. The Morgan fingerprint density at radius 2 is 1.94 bits per heavy atom. The number of halogens is 1. The number of hydrogen-bond acceptors (Lipinski definition) is 2. The van der Waals surface area contributed by atoms with Crippen molar-refractivity contribution in [2.45, 2.75) is 13.5 Å². The number of anilines is 1. The largest absolute Gasteiger partial charge is 0.508 e. The Balaban J connectivity index is 2.12. The van der Waals surface area contributed by atoms with Crippen molar-refractivity contribution in [1.29, 1.82) is 0 Å². The fourth-order valence-electron chi connectivity index (χ4n) is 1.64. The van der Waals surface area contributed by atoms with Crippen LogP contribution in [0.3, 0.4) is 0 Å². The number of rotatable bonds is 3.